The third-order valence-corrected chi connectivity index (χ3v) is 2.43. The zero-order chi connectivity index (χ0) is 18.7. The molecule has 0 atom stereocenters. The van der Waals surface area contributed by atoms with Crippen LogP contribution in [0.25, 0.3) is 0 Å². The molecule has 0 unspecified atom stereocenters. The van der Waals surface area contributed by atoms with E-state index in [0.717, 1.165) is 5.01 Å². The summed E-state index contributed by atoms with van der Waals surface area (Å²) in [5.41, 5.74) is 5.17. The molecule has 0 bridgehead atoms. The first-order valence-electron chi connectivity index (χ1n) is 7.57. The van der Waals surface area contributed by atoms with Gasteiger partial charge in [-0.3, -0.25) is 0 Å². The standard InChI is InChI=1S/C18H19N7O/c19-18(26)25-17-15-13-11-9-7-5-3-1-2-4-6-8-10-12-14-16-20-21-22-23-24-25/h1-17H,(H2,19,26)/b2-1-,5-3-,6-4-,9-7-,10-8-,13-11-,14-12-,17-15-,20-16-,22-21-,24-23?. The van der Waals surface area contributed by atoms with Gasteiger partial charge in [-0.1, -0.05) is 79.0 Å². The van der Waals surface area contributed by atoms with Gasteiger partial charge in [0.25, 0.3) is 0 Å². The second-order valence-corrected chi connectivity index (χ2v) is 4.34. The largest absolute Gasteiger partial charge is 0.350 e. The van der Waals surface area contributed by atoms with Crippen LogP contribution in [-0.2, 0) is 0 Å². The van der Waals surface area contributed by atoms with Gasteiger partial charge in [0, 0.05) is 6.20 Å². The lowest BCUT2D eigenvalue weighted by molar-refractivity contribution is 0.223. The molecule has 0 fully saturated rings. The van der Waals surface area contributed by atoms with Crippen molar-refractivity contribution in [2.45, 2.75) is 0 Å². The second kappa shape index (κ2) is 14.6. The van der Waals surface area contributed by atoms with E-state index in [0.29, 0.717) is 0 Å². The highest BCUT2D eigenvalue weighted by molar-refractivity contribution is 5.72. The highest BCUT2D eigenvalue weighted by Crippen LogP contribution is 1.95. The quantitative estimate of drug-likeness (QED) is 0.682. The van der Waals surface area contributed by atoms with Crippen LogP contribution in [-0.4, -0.2) is 17.3 Å². The summed E-state index contributed by atoms with van der Waals surface area (Å²) in [5, 5.41) is 18.0. The van der Waals surface area contributed by atoms with E-state index in [4.69, 9.17) is 5.73 Å². The topological polar surface area (TPSA) is 108 Å². The third-order valence-electron chi connectivity index (χ3n) is 2.43. The summed E-state index contributed by atoms with van der Waals surface area (Å²) in [6.07, 6.45) is 30.1. The van der Waals surface area contributed by atoms with Crippen molar-refractivity contribution in [3.05, 3.63) is 97.3 Å². The van der Waals surface area contributed by atoms with E-state index < -0.39 is 6.03 Å². The van der Waals surface area contributed by atoms with Crippen LogP contribution in [0.15, 0.2) is 123 Å². The van der Waals surface area contributed by atoms with Crippen LogP contribution >= 0.6 is 0 Å². The van der Waals surface area contributed by atoms with Crippen LogP contribution in [0.4, 0.5) is 4.79 Å². The summed E-state index contributed by atoms with van der Waals surface area (Å²) in [7, 11) is 0. The summed E-state index contributed by atoms with van der Waals surface area (Å²) in [5.74, 6) is 0. The Balaban J connectivity index is 2.84. The van der Waals surface area contributed by atoms with Crippen molar-refractivity contribution in [2.24, 2.45) is 31.7 Å². The van der Waals surface area contributed by atoms with Gasteiger partial charge in [-0.05, 0) is 33.0 Å². The van der Waals surface area contributed by atoms with Gasteiger partial charge < -0.3 is 5.73 Å². The molecule has 8 nitrogen and oxygen atoms in total. The maximum absolute atomic E-state index is 11.2. The Bertz CT molecular complexity index is 692. The van der Waals surface area contributed by atoms with Crippen molar-refractivity contribution in [1.29, 1.82) is 0 Å². The molecule has 1 aliphatic heterocycles. The van der Waals surface area contributed by atoms with Crippen LogP contribution in [0.2, 0.25) is 0 Å². The Morgan fingerprint density at radius 3 is 1.58 bits per heavy atom. The number of carbonyl (C=O) groups excluding carboxylic acids is 1. The first-order valence-corrected chi connectivity index (χ1v) is 7.57. The lowest BCUT2D eigenvalue weighted by Crippen LogP contribution is -2.25. The van der Waals surface area contributed by atoms with E-state index in [1.165, 1.54) is 12.4 Å². The Kier molecular flexibility index (Phi) is 11.3. The smallest absolute Gasteiger partial charge is 0.340 e. The number of primary amides is 1. The lowest BCUT2D eigenvalue weighted by atomic mass is 10.3. The van der Waals surface area contributed by atoms with Crippen LogP contribution in [0.3, 0.4) is 0 Å². The van der Waals surface area contributed by atoms with Gasteiger partial charge in [0.15, 0.2) is 0 Å². The summed E-state index contributed by atoms with van der Waals surface area (Å²) >= 11 is 0. The number of nitrogens with two attached hydrogens (primary N) is 1. The molecule has 0 aromatic rings. The Morgan fingerprint density at radius 1 is 0.615 bits per heavy atom. The number of hydrogen-bond donors (Lipinski definition) is 1. The Labute approximate surface area is 151 Å². The molecule has 26 heavy (non-hydrogen) atoms. The molecular weight excluding hydrogens is 330 g/mol. The molecule has 8 heteroatoms. The van der Waals surface area contributed by atoms with E-state index in [1.807, 2.05) is 60.8 Å². The molecule has 1 rings (SSSR count). The molecule has 0 aromatic heterocycles. The number of allylic oxidation sites excluding steroid dienone is 15. The van der Waals surface area contributed by atoms with Gasteiger partial charge in [-0.25, -0.2) is 4.79 Å². The first-order chi connectivity index (χ1) is 12.8. The highest BCUT2D eigenvalue weighted by Gasteiger charge is 2.02. The van der Waals surface area contributed by atoms with E-state index in [-0.39, 0.29) is 0 Å². The Hall–Kier alpha value is -3.94. The summed E-state index contributed by atoms with van der Waals surface area (Å²) < 4.78 is 0. The minimum atomic E-state index is -0.809. The molecule has 0 spiro atoms. The minimum absolute atomic E-state index is 0.809. The zero-order valence-electron chi connectivity index (χ0n) is 14.0. The molecule has 0 aromatic carbocycles. The second-order valence-electron chi connectivity index (χ2n) is 4.34. The van der Waals surface area contributed by atoms with Crippen molar-refractivity contribution in [2.75, 3.05) is 0 Å². The molecule has 0 saturated heterocycles. The van der Waals surface area contributed by atoms with Gasteiger partial charge in [0.1, 0.15) is 0 Å². The average molecular weight is 349 g/mol. The lowest BCUT2D eigenvalue weighted by Gasteiger charge is -2.03. The van der Waals surface area contributed by atoms with Crippen molar-refractivity contribution in [1.82, 2.24) is 5.01 Å². The van der Waals surface area contributed by atoms with E-state index in [9.17, 15) is 4.79 Å². The highest BCUT2D eigenvalue weighted by atomic mass is 16.2. The first kappa shape index (κ1) is 20.1. The van der Waals surface area contributed by atoms with Gasteiger partial charge in [-0.2, -0.15) is 5.01 Å². The van der Waals surface area contributed by atoms with Crippen LogP contribution < -0.4 is 5.73 Å². The summed E-state index contributed by atoms with van der Waals surface area (Å²) in [4.78, 5) is 11.2. The summed E-state index contributed by atoms with van der Waals surface area (Å²) in [6.45, 7) is 0. The predicted octanol–water partition coefficient (Wildman–Crippen LogP) is 4.51. The third kappa shape index (κ3) is 11.6. The normalized spacial score (nSPS) is 28.1. The van der Waals surface area contributed by atoms with Crippen LogP contribution in [0.5, 0.6) is 0 Å². The molecule has 0 aliphatic carbocycles. The van der Waals surface area contributed by atoms with Crippen molar-refractivity contribution in [3.8, 4) is 0 Å². The maximum Gasteiger partial charge on any atom is 0.340 e. The molecule has 132 valence electrons. The molecule has 1 heterocycles. The van der Waals surface area contributed by atoms with Gasteiger partial charge in [-0.15, -0.1) is 5.10 Å². The molecule has 1 aliphatic rings. The van der Waals surface area contributed by atoms with Crippen molar-refractivity contribution >= 4 is 12.2 Å². The Morgan fingerprint density at radius 2 is 1.08 bits per heavy atom. The maximum atomic E-state index is 11.2. The summed E-state index contributed by atoms with van der Waals surface area (Å²) in [6, 6.07) is -0.809. The fraction of sp³-hybridized carbons (Fsp3) is 0. The molecule has 0 saturated carbocycles. The van der Waals surface area contributed by atoms with Crippen LogP contribution in [0.1, 0.15) is 0 Å². The van der Waals surface area contributed by atoms with Crippen LogP contribution in [0, 0.1) is 0 Å². The van der Waals surface area contributed by atoms with E-state index >= 15 is 0 Å². The van der Waals surface area contributed by atoms with Gasteiger partial charge in [0.2, 0.25) is 0 Å². The monoisotopic (exact) mass is 349 g/mol. The van der Waals surface area contributed by atoms with Crippen molar-refractivity contribution in [3.63, 3.8) is 0 Å². The SMILES string of the molecule is NC(=O)N1\C=C/C=C\C=C/C=C\C=C/C=C\C=C/C=C\C=N/N=N\N=N1. The average Bonchev–Trinajstić information content (AvgIpc) is 2.63. The fourth-order valence-corrected chi connectivity index (χ4v) is 1.33. The van der Waals surface area contributed by atoms with E-state index in [1.54, 1.807) is 30.4 Å². The number of rotatable bonds is 0. The van der Waals surface area contributed by atoms with E-state index in [2.05, 4.69) is 26.0 Å². The van der Waals surface area contributed by atoms with Crippen molar-refractivity contribution < 1.29 is 4.79 Å². The molecule has 2 N–H and O–H groups in total. The number of amides is 2. The molecule has 0 radical (unpaired) electrons. The molecule has 2 amide bonds. The predicted molar refractivity (Wildman–Crippen MR) is 103 cm³/mol. The minimum Gasteiger partial charge on any atom is -0.350 e. The zero-order valence-corrected chi connectivity index (χ0v) is 14.0. The number of nitrogens with zero attached hydrogens (tertiary/aromatic N) is 6. The number of carbonyl (C=O) groups is 1. The number of urea groups is 1. The number of hydrogen-bond acceptors (Lipinski definition) is 6. The molecular formula is C18H19N7O. The fourth-order valence-electron chi connectivity index (χ4n) is 1.33. The van der Waals surface area contributed by atoms with Gasteiger partial charge in [0.05, 0.1) is 6.21 Å². The van der Waals surface area contributed by atoms with Gasteiger partial charge >= 0.3 is 6.03 Å².